The number of hydrogen-bond acceptors (Lipinski definition) is 5. The van der Waals surface area contributed by atoms with Crippen molar-refractivity contribution in [2.45, 2.75) is 40.0 Å². The highest BCUT2D eigenvalue weighted by Crippen LogP contribution is 2.48. The average Bonchev–Trinajstić information content (AvgIpc) is 3.45. The number of nitrogens with zero attached hydrogens (tertiary/aromatic N) is 1. The van der Waals surface area contributed by atoms with Crippen LogP contribution in [0.15, 0.2) is 36.5 Å². The lowest BCUT2D eigenvalue weighted by atomic mass is 9.93. The van der Waals surface area contributed by atoms with Crippen LogP contribution < -0.4 is 9.47 Å². The molecule has 0 bridgehead atoms. The van der Waals surface area contributed by atoms with Crippen LogP contribution in [0.5, 0.6) is 17.2 Å². The van der Waals surface area contributed by atoms with E-state index in [1.165, 1.54) is 0 Å². The summed E-state index contributed by atoms with van der Waals surface area (Å²) in [5, 5.41) is 11.2. The second-order valence-corrected chi connectivity index (χ2v) is 8.47. The van der Waals surface area contributed by atoms with E-state index in [1.807, 2.05) is 51.2 Å². The first kappa shape index (κ1) is 19.8. The van der Waals surface area contributed by atoms with Gasteiger partial charge in [-0.3, -0.25) is 0 Å². The van der Waals surface area contributed by atoms with Crippen molar-refractivity contribution < 1.29 is 24.1 Å². The number of aromatic amines is 1. The van der Waals surface area contributed by atoms with Crippen molar-refractivity contribution in [2.24, 2.45) is 0 Å². The lowest BCUT2D eigenvalue weighted by Gasteiger charge is -2.22. The van der Waals surface area contributed by atoms with Gasteiger partial charge in [-0.15, -0.1) is 0 Å². The normalized spacial score (nSPS) is 16.0. The molecule has 0 aliphatic carbocycles. The lowest BCUT2D eigenvalue weighted by Crippen LogP contribution is -2.14. The second-order valence-electron chi connectivity index (χ2n) is 8.47. The van der Waals surface area contributed by atoms with Crippen LogP contribution in [0.4, 0.5) is 0 Å². The van der Waals surface area contributed by atoms with Crippen molar-refractivity contribution in [2.75, 3.05) is 6.61 Å². The SMILES string of the molecule is CCOC(=O)c1c(-c2c[nH]c3c(O)cccc23)c(C)n2c1-c1cc3c(cc1CC2)OC(C)O3. The standard InChI is InChI=1S/C26H24N2O5/c1-4-31-26(30)23-22(18-12-27-24-16(18)6-5-7-19(24)29)13(2)28-9-8-15-10-20-21(33-14(3)32-20)11-17(15)25(23)28/h5-7,10-12,14,27,29H,4,8-9H2,1-3H3. The molecule has 33 heavy (non-hydrogen) atoms. The van der Waals surface area contributed by atoms with E-state index in [9.17, 15) is 9.90 Å². The number of phenols is 1. The molecular weight excluding hydrogens is 420 g/mol. The largest absolute Gasteiger partial charge is 0.506 e. The van der Waals surface area contributed by atoms with Crippen molar-refractivity contribution in [1.82, 2.24) is 9.55 Å². The number of hydrogen-bond donors (Lipinski definition) is 2. The van der Waals surface area contributed by atoms with Gasteiger partial charge >= 0.3 is 5.97 Å². The van der Waals surface area contributed by atoms with E-state index in [-0.39, 0.29) is 24.6 Å². The van der Waals surface area contributed by atoms with Crippen LogP contribution in [0.3, 0.4) is 0 Å². The highest BCUT2D eigenvalue weighted by molar-refractivity contribution is 6.10. The van der Waals surface area contributed by atoms with Gasteiger partial charge in [-0.2, -0.15) is 0 Å². The summed E-state index contributed by atoms with van der Waals surface area (Å²) >= 11 is 0. The van der Waals surface area contributed by atoms with Crippen LogP contribution >= 0.6 is 0 Å². The molecule has 0 spiro atoms. The van der Waals surface area contributed by atoms with Gasteiger partial charge in [0.25, 0.3) is 0 Å². The Kier molecular flexibility index (Phi) is 4.24. The van der Waals surface area contributed by atoms with Gasteiger partial charge in [0, 0.05) is 47.4 Å². The molecular formula is C26H24N2O5. The fourth-order valence-electron chi connectivity index (χ4n) is 5.20. The molecule has 7 nitrogen and oxygen atoms in total. The van der Waals surface area contributed by atoms with Crippen molar-refractivity contribution in [3.05, 3.63) is 53.3 Å². The van der Waals surface area contributed by atoms with E-state index >= 15 is 0 Å². The summed E-state index contributed by atoms with van der Waals surface area (Å²) in [5.74, 6) is 1.23. The quantitative estimate of drug-likeness (QED) is 0.426. The summed E-state index contributed by atoms with van der Waals surface area (Å²) in [4.78, 5) is 16.6. The summed E-state index contributed by atoms with van der Waals surface area (Å²) in [6.45, 7) is 6.72. The number of phenolic OH excluding ortho intramolecular Hbond substituents is 1. The maximum Gasteiger partial charge on any atom is 0.340 e. The second kappa shape index (κ2) is 7.07. The number of benzene rings is 2. The third kappa shape index (κ3) is 2.78. The van der Waals surface area contributed by atoms with E-state index in [0.29, 0.717) is 16.8 Å². The first-order valence-corrected chi connectivity index (χ1v) is 11.2. The topological polar surface area (TPSA) is 85.7 Å². The van der Waals surface area contributed by atoms with Crippen LogP contribution in [0, 0.1) is 6.92 Å². The molecule has 4 aromatic rings. The molecule has 0 saturated heterocycles. The summed E-state index contributed by atoms with van der Waals surface area (Å²) in [5.41, 5.74) is 6.74. The number of ether oxygens (including phenoxy) is 3. The predicted octanol–water partition coefficient (Wildman–Crippen LogP) is 5.17. The Hall–Kier alpha value is -3.87. The molecule has 1 atom stereocenters. The Morgan fingerprint density at radius 3 is 2.82 bits per heavy atom. The van der Waals surface area contributed by atoms with Gasteiger partial charge in [0.15, 0.2) is 11.5 Å². The molecule has 2 aromatic carbocycles. The molecule has 0 radical (unpaired) electrons. The first-order chi connectivity index (χ1) is 16.0. The monoisotopic (exact) mass is 444 g/mol. The third-order valence-corrected chi connectivity index (χ3v) is 6.58. The highest BCUT2D eigenvalue weighted by Gasteiger charge is 2.34. The van der Waals surface area contributed by atoms with Crippen molar-refractivity contribution in [3.8, 4) is 39.6 Å². The molecule has 1 unspecified atom stereocenters. The van der Waals surface area contributed by atoms with E-state index < -0.39 is 0 Å². The predicted molar refractivity (Wildman–Crippen MR) is 124 cm³/mol. The Bertz CT molecular complexity index is 1450. The smallest absolute Gasteiger partial charge is 0.340 e. The minimum Gasteiger partial charge on any atom is -0.506 e. The third-order valence-electron chi connectivity index (χ3n) is 6.58. The molecule has 0 amide bonds. The number of fused-ring (bicyclic) bond motifs is 5. The number of nitrogens with one attached hydrogen (secondary N) is 1. The molecule has 2 N–H and O–H groups in total. The lowest BCUT2D eigenvalue weighted by molar-refractivity contribution is 0.0527. The average molecular weight is 444 g/mol. The molecule has 0 fully saturated rings. The van der Waals surface area contributed by atoms with E-state index in [2.05, 4.69) is 9.55 Å². The van der Waals surface area contributed by atoms with Crippen LogP contribution in [0.1, 0.15) is 35.5 Å². The minimum absolute atomic E-state index is 0.172. The van der Waals surface area contributed by atoms with Crippen molar-refractivity contribution >= 4 is 16.9 Å². The minimum atomic E-state index is -0.363. The fraction of sp³-hybridized carbons (Fsp3) is 0.269. The van der Waals surface area contributed by atoms with Gasteiger partial charge in [0.05, 0.1) is 23.4 Å². The highest BCUT2D eigenvalue weighted by atomic mass is 16.7. The van der Waals surface area contributed by atoms with Crippen molar-refractivity contribution in [3.63, 3.8) is 0 Å². The number of carbonyl (C=O) groups excluding carboxylic acids is 1. The number of carbonyl (C=O) groups is 1. The van der Waals surface area contributed by atoms with E-state index in [0.717, 1.165) is 57.7 Å². The number of H-pyrrole nitrogens is 1. The maximum absolute atomic E-state index is 13.4. The molecule has 2 aliphatic rings. The van der Waals surface area contributed by atoms with E-state index in [4.69, 9.17) is 14.2 Å². The molecule has 2 aromatic heterocycles. The number of aromatic nitrogens is 2. The van der Waals surface area contributed by atoms with Gasteiger partial charge in [-0.25, -0.2) is 4.79 Å². The van der Waals surface area contributed by atoms with Gasteiger partial charge in [0.1, 0.15) is 5.75 Å². The summed E-state index contributed by atoms with van der Waals surface area (Å²) in [6, 6.07) is 9.40. The van der Waals surface area contributed by atoms with Crippen LogP contribution in [-0.2, 0) is 17.7 Å². The summed E-state index contributed by atoms with van der Waals surface area (Å²) in [6.07, 6.45) is 2.33. The fourth-order valence-corrected chi connectivity index (χ4v) is 5.20. The van der Waals surface area contributed by atoms with Gasteiger partial charge in [0.2, 0.25) is 6.29 Å². The summed E-state index contributed by atoms with van der Waals surface area (Å²) in [7, 11) is 0. The molecule has 4 heterocycles. The van der Waals surface area contributed by atoms with Crippen LogP contribution in [-0.4, -0.2) is 33.5 Å². The Morgan fingerprint density at radius 1 is 1.24 bits per heavy atom. The Morgan fingerprint density at radius 2 is 2.03 bits per heavy atom. The zero-order chi connectivity index (χ0) is 22.9. The molecule has 0 saturated carbocycles. The zero-order valence-electron chi connectivity index (χ0n) is 18.7. The van der Waals surface area contributed by atoms with Crippen molar-refractivity contribution in [1.29, 1.82) is 0 Å². The van der Waals surface area contributed by atoms with Gasteiger partial charge < -0.3 is 28.9 Å². The molecule has 168 valence electrons. The Balaban J connectivity index is 1.65. The maximum atomic E-state index is 13.4. The number of aromatic hydroxyl groups is 1. The number of esters is 1. The number of para-hydroxylation sites is 1. The number of rotatable bonds is 3. The molecule has 7 heteroatoms. The first-order valence-electron chi connectivity index (χ1n) is 11.2. The summed E-state index contributed by atoms with van der Waals surface area (Å²) < 4.78 is 19.3. The van der Waals surface area contributed by atoms with Gasteiger partial charge in [-0.05, 0) is 44.0 Å². The van der Waals surface area contributed by atoms with Crippen LogP contribution in [0.2, 0.25) is 0 Å². The zero-order valence-corrected chi connectivity index (χ0v) is 18.7. The van der Waals surface area contributed by atoms with Crippen LogP contribution in [0.25, 0.3) is 33.3 Å². The number of aryl methyl sites for hydroxylation is 1. The Labute approximate surface area is 190 Å². The van der Waals surface area contributed by atoms with E-state index in [1.54, 1.807) is 6.07 Å². The molecule has 6 rings (SSSR count). The molecule has 2 aliphatic heterocycles. The van der Waals surface area contributed by atoms with Gasteiger partial charge in [-0.1, -0.05) is 12.1 Å².